The summed E-state index contributed by atoms with van der Waals surface area (Å²) in [6, 6.07) is 0. The summed E-state index contributed by atoms with van der Waals surface area (Å²) < 4.78 is 22.6. The number of esters is 1. The lowest BCUT2D eigenvalue weighted by Crippen LogP contribution is -2.59. The molecule has 6 atom stereocenters. The van der Waals surface area contributed by atoms with E-state index in [1.165, 1.54) is 83.5 Å². The molecule has 266 valence electrons. The lowest BCUT2D eigenvalue weighted by molar-refractivity contribution is -0.305. The van der Waals surface area contributed by atoms with Gasteiger partial charge in [-0.05, 0) is 38.5 Å². The minimum atomic E-state index is -1.53. The van der Waals surface area contributed by atoms with Gasteiger partial charge in [0.05, 0.1) is 19.8 Å². The lowest BCUT2D eigenvalue weighted by atomic mass is 9.99. The molecule has 1 rings (SSSR count). The normalized spacial score (nSPS) is 22.7. The molecule has 0 amide bonds. The first-order valence-corrected chi connectivity index (χ1v) is 18.3. The van der Waals surface area contributed by atoms with E-state index in [0.29, 0.717) is 13.0 Å². The monoisotopic (exact) mass is 644 g/mol. The first-order valence-electron chi connectivity index (χ1n) is 18.3. The predicted octanol–water partition coefficient (Wildman–Crippen LogP) is 6.52. The van der Waals surface area contributed by atoms with Crippen molar-refractivity contribution in [2.24, 2.45) is 0 Å². The highest BCUT2D eigenvalue weighted by Gasteiger charge is 2.44. The van der Waals surface area contributed by atoms with Gasteiger partial charge in [0.15, 0.2) is 6.29 Å². The molecule has 1 saturated heterocycles. The largest absolute Gasteiger partial charge is 0.457 e. The van der Waals surface area contributed by atoms with E-state index < -0.39 is 43.4 Å². The molecule has 4 N–H and O–H groups in total. The van der Waals surface area contributed by atoms with Crippen LogP contribution >= 0.6 is 0 Å². The molecule has 9 heteroatoms. The molecule has 0 saturated carbocycles. The molecule has 45 heavy (non-hydrogen) atoms. The van der Waals surface area contributed by atoms with Gasteiger partial charge in [-0.1, -0.05) is 116 Å². The van der Waals surface area contributed by atoms with Gasteiger partial charge in [0.1, 0.15) is 30.5 Å². The smallest absolute Gasteiger partial charge is 0.306 e. The Morgan fingerprint density at radius 2 is 1.22 bits per heavy atom. The van der Waals surface area contributed by atoms with Crippen molar-refractivity contribution in [3.63, 3.8) is 0 Å². The molecular formula is C36H68O9. The predicted molar refractivity (Wildman–Crippen MR) is 178 cm³/mol. The SMILES string of the molecule is CCCCCCCC/C=C\CCCCCCCC(=O)OC(COCCCCCCCCC)COC1OC(CO)C(O)C(O)C1O. The summed E-state index contributed by atoms with van der Waals surface area (Å²) in [4.78, 5) is 12.6. The summed E-state index contributed by atoms with van der Waals surface area (Å²) in [6.45, 7) is 4.50. The van der Waals surface area contributed by atoms with Crippen LogP contribution in [0, 0.1) is 0 Å². The highest BCUT2D eigenvalue weighted by Crippen LogP contribution is 2.22. The van der Waals surface area contributed by atoms with Crippen LogP contribution in [0.4, 0.5) is 0 Å². The third-order valence-corrected chi connectivity index (χ3v) is 8.43. The van der Waals surface area contributed by atoms with Crippen LogP contribution in [0.5, 0.6) is 0 Å². The van der Waals surface area contributed by atoms with E-state index in [1.807, 2.05) is 0 Å². The van der Waals surface area contributed by atoms with Crippen LogP contribution in [0.2, 0.25) is 0 Å². The van der Waals surface area contributed by atoms with Gasteiger partial charge in [-0.2, -0.15) is 0 Å². The zero-order valence-electron chi connectivity index (χ0n) is 28.6. The van der Waals surface area contributed by atoms with Crippen LogP contribution in [0.3, 0.4) is 0 Å². The Morgan fingerprint density at radius 3 is 1.80 bits per heavy atom. The van der Waals surface area contributed by atoms with E-state index in [4.69, 9.17) is 18.9 Å². The van der Waals surface area contributed by atoms with Crippen molar-refractivity contribution in [1.82, 2.24) is 0 Å². The van der Waals surface area contributed by atoms with E-state index in [9.17, 15) is 25.2 Å². The van der Waals surface area contributed by atoms with Crippen LogP contribution in [-0.2, 0) is 23.7 Å². The second-order valence-electron chi connectivity index (χ2n) is 12.7. The van der Waals surface area contributed by atoms with Gasteiger partial charge in [-0.15, -0.1) is 0 Å². The zero-order chi connectivity index (χ0) is 33.0. The lowest BCUT2D eigenvalue weighted by Gasteiger charge is -2.39. The number of carbonyl (C=O) groups excluding carboxylic acids is 1. The Labute approximate surface area is 274 Å². The van der Waals surface area contributed by atoms with Crippen LogP contribution in [-0.4, -0.2) is 89.6 Å². The first-order chi connectivity index (χ1) is 21.9. The van der Waals surface area contributed by atoms with Gasteiger partial charge in [0.25, 0.3) is 0 Å². The molecule has 0 aromatic heterocycles. The van der Waals surface area contributed by atoms with Gasteiger partial charge in [0.2, 0.25) is 0 Å². The third-order valence-electron chi connectivity index (χ3n) is 8.43. The summed E-state index contributed by atoms with van der Waals surface area (Å²) in [5.74, 6) is -0.324. The molecule has 1 aliphatic rings. The van der Waals surface area contributed by atoms with E-state index >= 15 is 0 Å². The number of aliphatic hydroxyl groups excluding tert-OH is 4. The van der Waals surface area contributed by atoms with Crippen LogP contribution in [0.25, 0.3) is 0 Å². The summed E-state index contributed by atoms with van der Waals surface area (Å²) >= 11 is 0. The summed E-state index contributed by atoms with van der Waals surface area (Å²) in [7, 11) is 0. The molecule has 1 fully saturated rings. The molecule has 0 bridgehead atoms. The molecular weight excluding hydrogens is 576 g/mol. The number of hydrogen-bond donors (Lipinski definition) is 4. The number of aliphatic hydroxyl groups is 4. The molecule has 0 aliphatic carbocycles. The first kappa shape index (κ1) is 42.0. The topological polar surface area (TPSA) is 135 Å². The Balaban J connectivity index is 2.32. The summed E-state index contributed by atoms with van der Waals surface area (Å²) in [6.07, 6.45) is 21.0. The van der Waals surface area contributed by atoms with Crippen molar-refractivity contribution < 1.29 is 44.2 Å². The fourth-order valence-electron chi connectivity index (χ4n) is 5.48. The molecule has 1 aliphatic heterocycles. The van der Waals surface area contributed by atoms with Gasteiger partial charge < -0.3 is 39.4 Å². The van der Waals surface area contributed by atoms with Crippen molar-refractivity contribution in [2.45, 2.75) is 185 Å². The van der Waals surface area contributed by atoms with E-state index in [0.717, 1.165) is 44.9 Å². The average molecular weight is 645 g/mol. The molecule has 0 radical (unpaired) electrons. The van der Waals surface area contributed by atoms with Crippen molar-refractivity contribution in [1.29, 1.82) is 0 Å². The number of ether oxygens (including phenoxy) is 4. The van der Waals surface area contributed by atoms with Crippen molar-refractivity contribution in [3.8, 4) is 0 Å². The van der Waals surface area contributed by atoms with Crippen molar-refractivity contribution in [3.05, 3.63) is 12.2 Å². The van der Waals surface area contributed by atoms with Gasteiger partial charge in [-0.25, -0.2) is 0 Å². The summed E-state index contributed by atoms with van der Waals surface area (Å²) in [5, 5.41) is 39.8. The minimum Gasteiger partial charge on any atom is -0.457 e. The highest BCUT2D eigenvalue weighted by molar-refractivity contribution is 5.69. The Morgan fingerprint density at radius 1 is 0.689 bits per heavy atom. The number of carbonyl (C=O) groups is 1. The van der Waals surface area contributed by atoms with E-state index in [2.05, 4.69) is 26.0 Å². The number of rotatable bonds is 30. The van der Waals surface area contributed by atoms with Gasteiger partial charge >= 0.3 is 5.97 Å². The maximum atomic E-state index is 12.6. The maximum Gasteiger partial charge on any atom is 0.306 e. The van der Waals surface area contributed by atoms with Crippen molar-refractivity contribution in [2.75, 3.05) is 26.4 Å². The molecule has 0 aromatic carbocycles. The second kappa shape index (κ2) is 29.1. The van der Waals surface area contributed by atoms with Gasteiger partial charge in [0, 0.05) is 13.0 Å². The fraction of sp³-hybridized carbons (Fsp3) is 0.917. The summed E-state index contributed by atoms with van der Waals surface area (Å²) in [5.41, 5.74) is 0. The molecule has 1 heterocycles. The van der Waals surface area contributed by atoms with Crippen molar-refractivity contribution >= 4 is 5.97 Å². The number of unbranched alkanes of at least 4 members (excludes halogenated alkanes) is 17. The molecule has 6 unspecified atom stereocenters. The highest BCUT2D eigenvalue weighted by atomic mass is 16.7. The maximum absolute atomic E-state index is 12.6. The number of allylic oxidation sites excluding steroid dienone is 2. The standard InChI is InChI=1S/C36H68O9/c1-3-5-7-9-11-12-13-14-15-16-17-18-19-21-23-25-32(38)44-30(28-42-26-24-22-20-10-8-6-4-2)29-43-36-35(41)34(40)33(39)31(27-37)45-36/h14-15,30-31,33-37,39-41H,3-13,16-29H2,1-2H3/b15-14-. The van der Waals surface area contributed by atoms with Gasteiger partial charge in [-0.3, -0.25) is 4.79 Å². The third kappa shape index (κ3) is 21.4. The number of hydrogen-bond acceptors (Lipinski definition) is 9. The van der Waals surface area contributed by atoms with E-state index in [-0.39, 0.29) is 19.2 Å². The molecule has 9 nitrogen and oxygen atoms in total. The van der Waals surface area contributed by atoms with Crippen LogP contribution in [0.1, 0.15) is 149 Å². The zero-order valence-corrected chi connectivity index (χ0v) is 28.6. The molecule has 0 aromatic rings. The molecule has 0 spiro atoms. The van der Waals surface area contributed by atoms with Crippen LogP contribution < -0.4 is 0 Å². The Kier molecular flexibility index (Phi) is 27.1. The Hall–Kier alpha value is -1.07. The fourth-order valence-corrected chi connectivity index (χ4v) is 5.48. The second-order valence-corrected chi connectivity index (χ2v) is 12.7. The average Bonchev–Trinajstić information content (AvgIpc) is 3.04. The Bertz CT molecular complexity index is 702. The van der Waals surface area contributed by atoms with E-state index in [1.54, 1.807) is 0 Å². The quantitative estimate of drug-likeness (QED) is 0.0392. The van der Waals surface area contributed by atoms with Crippen LogP contribution in [0.15, 0.2) is 12.2 Å². The minimum absolute atomic E-state index is 0.113.